The second-order valence-corrected chi connectivity index (χ2v) is 5.85. The Bertz CT molecular complexity index is 975. The van der Waals surface area contributed by atoms with Gasteiger partial charge < -0.3 is 14.4 Å². The number of aromatic nitrogens is 1. The molecule has 0 spiro atoms. The number of para-hydroxylation sites is 1. The van der Waals surface area contributed by atoms with Crippen LogP contribution in [0.5, 0.6) is 0 Å². The summed E-state index contributed by atoms with van der Waals surface area (Å²) in [6, 6.07) is 11.9. The fourth-order valence-electron chi connectivity index (χ4n) is 3.08. The summed E-state index contributed by atoms with van der Waals surface area (Å²) in [4.78, 5) is 24.4. The molecule has 1 unspecified atom stereocenters. The monoisotopic (exact) mass is 355 g/mol. The van der Waals surface area contributed by atoms with Gasteiger partial charge in [-0.15, -0.1) is 0 Å². The Morgan fingerprint density at radius 3 is 2.42 bits per heavy atom. The Morgan fingerprint density at radius 1 is 1.15 bits per heavy atom. The van der Waals surface area contributed by atoms with Gasteiger partial charge in [0, 0.05) is 10.9 Å². The van der Waals surface area contributed by atoms with Gasteiger partial charge in [0.2, 0.25) is 0 Å². The number of esters is 1. The molecule has 0 aliphatic heterocycles. The molecule has 0 fully saturated rings. The van der Waals surface area contributed by atoms with E-state index in [9.17, 15) is 19.1 Å². The summed E-state index contributed by atoms with van der Waals surface area (Å²) in [5.41, 5.74) is 1.90. The van der Waals surface area contributed by atoms with Gasteiger partial charge >= 0.3 is 11.9 Å². The van der Waals surface area contributed by atoms with Crippen LogP contribution < -0.4 is 0 Å². The largest absolute Gasteiger partial charge is 0.480 e. The van der Waals surface area contributed by atoms with Crippen LogP contribution in [-0.2, 0) is 9.53 Å². The number of ether oxygens (including phenoxy) is 1. The fourth-order valence-corrected chi connectivity index (χ4v) is 3.08. The van der Waals surface area contributed by atoms with Crippen LogP contribution in [0.2, 0.25) is 0 Å². The zero-order valence-corrected chi connectivity index (χ0v) is 14.4. The van der Waals surface area contributed by atoms with Crippen molar-refractivity contribution < 1.29 is 23.8 Å². The number of nitrogens with zero attached hydrogens (tertiary/aromatic N) is 1. The van der Waals surface area contributed by atoms with Gasteiger partial charge in [-0.25, -0.2) is 14.0 Å². The summed E-state index contributed by atoms with van der Waals surface area (Å²) in [5, 5.41) is 10.2. The van der Waals surface area contributed by atoms with Gasteiger partial charge in [0.05, 0.1) is 12.1 Å². The number of rotatable bonds is 5. The highest BCUT2D eigenvalue weighted by Crippen LogP contribution is 2.37. The van der Waals surface area contributed by atoms with Gasteiger partial charge in [-0.05, 0) is 37.6 Å². The lowest BCUT2D eigenvalue weighted by Gasteiger charge is -2.15. The van der Waals surface area contributed by atoms with Gasteiger partial charge in [-0.2, -0.15) is 0 Å². The molecular weight excluding hydrogens is 337 g/mol. The number of carboxylic acids is 1. The lowest BCUT2D eigenvalue weighted by molar-refractivity contribution is -0.140. The number of carbonyl (C=O) groups is 2. The van der Waals surface area contributed by atoms with Crippen molar-refractivity contribution >= 4 is 22.8 Å². The van der Waals surface area contributed by atoms with E-state index in [1.54, 1.807) is 37.3 Å². The molecule has 1 aromatic heterocycles. The molecule has 0 aliphatic carbocycles. The van der Waals surface area contributed by atoms with Gasteiger partial charge in [0.25, 0.3) is 0 Å². The quantitative estimate of drug-likeness (QED) is 0.694. The number of benzene rings is 2. The number of carboxylic acid groups (broad SMARTS) is 1. The summed E-state index contributed by atoms with van der Waals surface area (Å²) < 4.78 is 20.0. The molecular formula is C20H18FNO4. The average Bonchev–Trinajstić information content (AvgIpc) is 2.97. The van der Waals surface area contributed by atoms with Crippen LogP contribution in [0.15, 0.2) is 48.5 Å². The zero-order valence-electron chi connectivity index (χ0n) is 14.4. The van der Waals surface area contributed by atoms with Crippen molar-refractivity contribution in [2.24, 2.45) is 0 Å². The summed E-state index contributed by atoms with van der Waals surface area (Å²) in [7, 11) is 0. The van der Waals surface area contributed by atoms with Crippen molar-refractivity contribution in [2.45, 2.75) is 19.9 Å². The van der Waals surface area contributed by atoms with Crippen LogP contribution in [-0.4, -0.2) is 28.2 Å². The van der Waals surface area contributed by atoms with Crippen LogP contribution in [0.4, 0.5) is 4.39 Å². The first-order valence-electron chi connectivity index (χ1n) is 8.24. The van der Waals surface area contributed by atoms with E-state index in [1.807, 2.05) is 6.07 Å². The standard InChI is InChI=1S/C20H18FNO4/c1-3-26-20(25)18-17(13-8-10-14(21)11-9-13)15-6-4-5-7-16(15)22(18)12(2)19(23)24/h4-12H,3H2,1-2H3,(H,23,24). The van der Waals surface area contributed by atoms with E-state index in [1.165, 1.54) is 23.6 Å². The number of hydrogen-bond acceptors (Lipinski definition) is 3. The Morgan fingerprint density at radius 2 is 1.81 bits per heavy atom. The highest BCUT2D eigenvalue weighted by molar-refractivity contribution is 6.09. The normalized spacial score (nSPS) is 12.1. The molecule has 1 N–H and O–H groups in total. The predicted octanol–water partition coefficient (Wildman–Crippen LogP) is 4.27. The van der Waals surface area contributed by atoms with E-state index in [2.05, 4.69) is 0 Å². The lowest BCUT2D eigenvalue weighted by Crippen LogP contribution is -2.21. The molecule has 0 saturated carbocycles. The van der Waals surface area contributed by atoms with Crippen LogP contribution in [0, 0.1) is 5.82 Å². The van der Waals surface area contributed by atoms with Crippen molar-refractivity contribution in [2.75, 3.05) is 6.61 Å². The predicted molar refractivity (Wildman–Crippen MR) is 95.6 cm³/mol. The van der Waals surface area contributed by atoms with E-state index in [-0.39, 0.29) is 12.3 Å². The van der Waals surface area contributed by atoms with Crippen LogP contribution in [0.3, 0.4) is 0 Å². The zero-order chi connectivity index (χ0) is 18.8. The van der Waals surface area contributed by atoms with Crippen molar-refractivity contribution in [3.8, 4) is 11.1 Å². The maximum absolute atomic E-state index is 13.4. The third-order valence-electron chi connectivity index (χ3n) is 4.26. The van der Waals surface area contributed by atoms with E-state index >= 15 is 0 Å². The number of halogens is 1. The number of carbonyl (C=O) groups excluding carboxylic acids is 1. The highest BCUT2D eigenvalue weighted by atomic mass is 19.1. The minimum Gasteiger partial charge on any atom is -0.480 e. The molecule has 26 heavy (non-hydrogen) atoms. The molecule has 0 radical (unpaired) electrons. The molecule has 3 rings (SSSR count). The average molecular weight is 355 g/mol. The smallest absolute Gasteiger partial charge is 0.355 e. The Balaban J connectivity index is 2.41. The van der Waals surface area contributed by atoms with E-state index < -0.39 is 23.8 Å². The minimum absolute atomic E-state index is 0.148. The summed E-state index contributed by atoms with van der Waals surface area (Å²) in [5.74, 6) is -2.08. The number of hydrogen-bond donors (Lipinski definition) is 1. The number of aliphatic carboxylic acids is 1. The van der Waals surface area contributed by atoms with Crippen molar-refractivity contribution in [1.29, 1.82) is 0 Å². The molecule has 1 atom stereocenters. The lowest BCUT2D eigenvalue weighted by atomic mass is 10.0. The first-order chi connectivity index (χ1) is 12.5. The third-order valence-corrected chi connectivity index (χ3v) is 4.26. The van der Waals surface area contributed by atoms with E-state index in [0.717, 1.165) is 0 Å². The molecule has 0 bridgehead atoms. The Kier molecular flexibility index (Phi) is 4.75. The van der Waals surface area contributed by atoms with Crippen LogP contribution >= 0.6 is 0 Å². The second kappa shape index (κ2) is 7.00. The Labute approximate surface area is 149 Å². The second-order valence-electron chi connectivity index (χ2n) is 5.85. The third kappa shape index (κ3) is 2.94. The maximum atomic E-state index is 13.4. The molecule has 0 saturated heterocycles. The first-order valence-corrected chi connectivity index (χ1v) is 8.24. The molecule has 6 heteroatoms. The maximum Gasteiger partial charge on any atom is 0.355 e. The van der Waals surface area contributed by atoms with Crippen molar-refractivity contribution in [3.63, 3.8) is 0 Å². The molecule has 0 aliphatic rings. The van der Waals surface area contributed by atoms with E-state index in [4.69, 9.17) is 4.74 Å². The molecule has 134 valence electrons. The molecule has 3 aromatic rings. The van der Waals surface area contributed by atoms with Crippen LogP contribution in [0.25, 0.3) is 22.0 Å². The van der Waals surface area contributed by atoms with E-state index in [0.29, 0.717) is 22.0 Å². The van der Waals surface area contributed by atoms with Gasteiger partial charge in [-0.3, -0.25) is 0 Å². The first kappa shape index (κ1) is 17.7. The molecule has 2 aromatic carbocycles. The van der Waals surface area contributed by atoms with Crippen molar-refractivity contribution in [1.82, 2.24) is 4.57 Å². The number of fused-ring (bicyclic) bond motifs is 1. The summed E-state index contributed by atoms with van der Waals surface area (Å²) >= 11 is 0. The van der Waals surface area contributed by atoms with Crippen LogP contribution in [0.1, 0.15) is 30.4 Å². The minimum atomic E-state index is -1.07. The van der Waals surface area contributed by atoms with Gasteiger partial charge in [-0.1, -0.05) is 30.3 Å². The SMILES string of the molecule is CCOC(=O)c1c(-c2ccc(F)cc2)c2ccccc2n1C(C)C(=O)O. The summed E-state index contributed by atoms with van der Waals surface area (Å²) in [6.07, 6.45) is 0. The van der Waals surface area contributed by atoms with Gasteiger partial charge in [0.15, 0.2) is 0 Å². The summed E-state index contributed by atoms with van der Waals surface area (Å²) in [6.45, 7) is 3.35. The molecule has 1 heterocycles. The Hall–Kier alpha value is -3.15. The topological polar surface area (TPSA) is 68.5 Å². The van der Waals surface area contributed by atoms with Crippen molar-refractivity contribution in [3.05, 3.63) is 60.0 Å². The highest BCUT2D eigenvalue weighted by Gasteiger charge is 2.29. The fraction of sp³-hybridized carbons (Fsp3) is 0.200. The molecule has 5 nitrogen and oxygen atoms in total. The van der Waals surface area contributed by atoms with Gasteiger partial charge in [0.1, 0.15) is 17.6 Å². The molecule has 0 amide bonds.